The number of phenolic OH excluding ortho intramolecular Hbond substituents is 1. The number of anilines is 1. The lowest BCUT2D eigenvalue weighted by Crippen LogP contribution is -2.53. The second-order valence-corrected chi connectivity index (χ2v) is 25.7. The number of aromatic hydroxyl groups is 1. The Labute approximate surface area is 502 Å². The van der Waals surface area contributed by atoms with Crippen molar-refractivity contribution in [3.05, 3.63) is 101 Å². The number of amides is 3. The van der Waals surface area contributed by atoms with E-state index in [0.29, 0.717) is 67.2 Å². The van der Waals surface area contributed by atoms with Crippen LogP contribution in [-0.4, -0.2) is 163 Å². The summed E-state index contributed by atoms with van der Waals surface area (Å²) in [7, 11) is 0. The summed E-state index contributed by atoms with van der Waals surface area (Å²) < 4.78 is 41.7. The number of nitrogens with one attached hydrogen (secondary N) is 2. The van der Waals surface area contributed by atoms with Crippen molar-refractivity contribution in [2.24, 2.45) is 11.8 Å². The molecule has 6 aliphatic heterocycles. The van der Waals surface area contributed by atoms with E-state index in [-0.39, 0.29) is 109 Å². The van der Waals surface area contributed by atoms with E-state index in [0.717, 1.165) is 83.1 Å². The Morgan fingerprint density at radius 3 is 2.51 bits per heavy atom. The first-order valence-electron chi connectivity index (χ1n) is 30.4. The van der Waals surface area contributed by atoms with Crippen LogP contribution in [0, 0.1) is 24.6 Å². The summed E-state index contributed by atoms with van der Waals surface area (Å²) in [5.41, 5.74) is 6.14. The van der Waals surface area contributed by atoms with Crippen LogP contribution < -0.4 is 25.0 Å². The molecule has 6 saturated heterocycles. The van der Waals surface area contributed by atoms with E-state index in [9.17, 15) is 24.6 Å². The van der Waals surface area contributed by atoms with Gasteiger partial charge in [0.1, 0.15) is 48.0 Å². The quantitative estimate of drug-likeness (QED) is 0.0629. The molecule has 4 aromatic heterocycles. The first-order chi connectivity index (χ1) is 41.6. The Kier molecular flexibility index (Phi) is 15.8. The first kappa shape index (κ1) is 57.5. The second-order valence-electron chi connectivity index (χ2n) is 24.9. The van der Waals surface area contributed by atoms with Gasteiger partial charge in [0.2, 0.25) is 11.8 Å². The summed E-state index contributed by atoms with van der Waals surface area (Å²) in [6, 6.07) is 18.2. The lowest BCUT2D eigenvalue weighted by molar-refractivity contribution is -0.141. The zero-order chi connectivity index (χ0) is 59.5. The van der Waals surface area contributed by atoms with Gasteiger partial charge in [-0.1, -0.05) is 63.2 Å². The van der Waals surface area contributed by atoms with Gasteiger partial charge >= 0.3 is 12.1 Å². The molecule has 2 bridgehead atoms. The van der Waals surface area contributed by atoms with Gasteiger partial charge in [0.25, 0.3) is 5.88 Å². The average Bonchev–Trinajstić information content (AvgIpc) is 1.61. The number of rotatable bonds is 18. The fourth-order valence-corrected chi connectivity index (χ4v) is 15.1. The molecule has 6 aliphatic rings. The molecule has 0 aliphatic carbocycles. The summed E-state index contributed by atoms with van der Waals surface area (Å²) >= 11 is 1.58. The largest absolute Gasteiger partial charge is 0.508 e. The lowest BCUT2D eigenvalue weighted by atomic mass is 9.91. The van der Waals surface area contributed by atoms with Crippen LogP contribution in [0.25, 0.3) is 43.4 Å². The number of aliphatic hydroxyl groups excluding tert-OH is 1. The highest BCUT2D eigenvalue weighted by atomic mass is 32.1. The molecule has 0 saturated carbocycles. The average molecular weight is 1190 g/mol. The molecule has 13 rings (SSSR count). The number of carbonyl (C=O) groups excluding carboxylic acids is 3. The number of aliphatic hydroxyl groups is 1. The third-order valence-electron chi connectivity index (χ3n) is 18.8. The number of aryl methyl sites for hydroxylation is 2. The number of fused-ring (bicyclic) bond motifs is 5. The molecular weight excluding hydrogens is 1120 g/mol. The van der Waals surface area contributed by atoms with Gasteiger partial charge in [0.15, 0.2) is 11.6 Å². The third kappa shape index (κ3) is 11.1. The van der Waals surface area contributed by atoms with Crippen molar-refractivity contribution >= 4 is 56.7 Å². The molecule has 4 N–H and O–H groups in total. The Morgan fingerprint density at radius 2 is 1.76 bits per heavy atom. The van der Waals surface area contributed by atoms with Crippen molar-refractivity contribution in [3.8, 4) is 39.3 Å². The molecule has 2 unspecified atom stereocenters. The summed E-state index contributed by atoms with van der Waals surface area (Å²) in [6.45, 7) is 13.6. The highest BCUT2D eigenvalue weighted by Gasteiger charge is 2.51. The van der Waals surface area contributed by atoms with Gasteiger partial charge in [-0.25, -0.2) is 14.2 Å². The zero-order valence-corrected chi connectivity index (χ0v) is 50.0. The molecule has 20 nitrogen and oxygen atoms in total. The van der Waals surface area contributed by atoms with Crippen LogP contribution in [0.2, 0.25) is 0 Å². The second kappa shape index (κ2) is 23.6. The number of hydrogen-bond donors (Lipinski definition) is 4. The number of piperazine rings is 1. The van der Waals surface area contributed by atoms with Crippen LogP contribution in [-0.2, 0) is 20.7 Å². The molecule has 0 spiro atoms. The Hall–Kier alpha value is -7.53. The van der Waals surface area contributed by atoms with Gasteiger partial charge in [0, 0.05) is 81.0 Å². The number of aromatic nitrogens is 5. The molecular formula is C64H74FN11O9S. The minimum atomic E-state index is -0.873. The number of ether oxygens (including phenoxy) is 3. The van der Waals surface area contributed by atoms with Crippen LogP contribution in [0.4, 0.5) is 15.0 Å². The van der Waals surface area contributed by atoms with Crippen LogP contribution in [0.5, 0.6) is 17.6 Å². The first-order valence-corrected chi connectivity index (χ1v) is 31.3. The van der Waals surface area contributed by atoms with E-state index in [1.165, 1.54) is 4.90 Å². The van der Waals surface area contributed by atoms with Crippen LogP contribution in [0.15, 0.2) is 76.9 Å². The maximum absolute atomic E-state index is 17.3. The lowest BCUT2D eigenvalue weighted by Gasteiger charge is -2.38. The molecule has 22 heteroatoms. The Bertz CT molecular complexity index is 3680. The van der Waals surface area contributed by atoms with Crippen molar-refractivity contribution in [3.63, 3.8) is 0 Å². The number of carbonyl (C=O) groups is 3. The van der Waals surface area contributed by atoms with E-state index in [2.05, 4.69) is 37.5 Å². The van der Waals surface area contributed by atoms with Gasteiger partial charge in [-0.15, -0.1) is 11.3 Å². The normalized spacial score (nSPS) is 23.7. The predicted molar refractivity (Wildman–Crippen MR) is 322 cm³/mol. The summed E-state index contributed by atoms with van der Waals surface area (Å²) in [6.07, 6.45) is 6.82. The number of thiazole rings is 1. The number of pyridine rings is 1. The number of nitrogens with zero attached hydrogens (tertiary/aromatic N) is 9. The number of hydrogen-bond acceptors (Lipinski definition) is 18. The minimum absolute atomic E-state index is 0.00953. The molecule has 0 radical (unpaired) electrons. The van der Waals surface area contributed by atoms with Crippen molar-refractivity contribution in [2.75, 3.05) is 64.0 Å². The van der Waals surface area contributed by atoms with Crippen molar-refractivity contribution in [1.29, 1.82) is 0 Å². The fourth-order valence-electron chi connectivity index (χ4n) is 14.3. The topological polar surface area (TPSA) is 234 Å². The minimum Gasteiger partial charge on any atom is -0.508 e. The van der Waals surface area contributed by atoms with E-state index < -0.39 is 23.9 Å². The van der Waals surface area contributed by atoms with Gasteiger partial charge in [0.05, 0.1) is 45.8 Å². The number of benzene rings is 3. The van der Waals surface area contributed by atoms with Crippen molar-refractivity contribution in [1.82, 2.24) is 50.4 Å². The SMILES string of the molecule is CCc1cccc2cc(O)cc(-c3ncc4c(N5CC6CCC(C5)N6)nc(OC[C@@]56CCCN5[C@H](COC(=O)N5CC(COc7cc([C@H](C(=O)N8C[C@H](O)C[C@H]8C(=O)N[C@@H](C)c8ccc(-c9scnc9C)cc8)C(C)C)on7)C5)CC6)nc4c3F)c12. The maximum atomic E-state index is 17.3. The maximum Gasteiger partial charge on any atom is 0.409 e. The highest BCUT2D eigenvalue weighted by Crippen LogP contribution is 2.44. The Balaban J connectivity index is 0.610. The summed E-state index contributed by atoms with van der Waals surface area (Å²) in [5.74, 6) is -1.17. The smallest absolute Gasteiger partial charge is 0.409 e. The standard InChI is InChI=1S/C64H74FN11O9S/c1-6-39-9-7-10-42-21-46(77)22-48(54(39)42)56-55(65)57-49(25-66-56)59(73-28-43-15-16-44(29-73)69-43)71-62(70-57)84-33-64-18-8-20-76(64)45(17-19-64)32-83-63(81)74-26-38(27-74)31-82-52-24-51(85-72-52)53(35(2)3)61(80)75-30-47(78)23-50(75)60(79)68-36(4)40-11-13-41(14-12-40)58-37(5)67-34-86-58/h7,9-14,21-22,24-25,34-36,38,43-45,47,50,53,69,77-78H,6,8,15-20,23,26-33H2,1-5H3,(H,68,79)/t36-,43?,44?,45-,47+,50-,53+,64-/m0/s1. The van der Waals surface area contributed by atoms with Gasteiger partial charge in [-0.2, -0.15) is 9.97 Å². The fraction of sp³-hybridized carbons (Fsp3) is 0.500. The molecule has 6 fully saturated rings. The zero-order valence-electron chi connectivity index (χ0n) is 49.2. The monoisotopic (exact) mass is 1190 g/mol. The van der Waals surface area contributed by atoms with Crippen LogP contribution in [0.3, 0.4) is 0 Å². The molecule has 452 valence electrons. The highest BCUT2D eigenvalue weighted by molar-refractivity contribution is 7.13. The van der Waals surface area contributed by atoms with Gasteiger partial charge < -0.3 is 54.3 Å². The van der Waals surface area contributed by atoms with E-state index >= 15 is 4.39 Å². The molecule has 10 heterocycles. The number of phenols is 1. The van der Waals surface area contributed by atoms with E-state index in [1.807, 2.05) is 75.7 Å². The van der Waals surface area contributed by atoms with E-state index in [1.54, 1.807) is 40.6 Å². The molecule has 7 aromatic rings. The predicted octanol–water partition coefficient (Wildman–Crippen LogP) is 8.71. The van der Waals surface area contributed by atoms with Gasteiger partial charge in [-0.3, -0.25) is 19.5 Å². The summed E-state index contributed by atoms with van der Waals surface area (Å²) in [5, 5.41) is 34.6. The van der Waals surface area contributed by atoms with E-state index in [4.69, 9.17) is 33.7 Å². The molecule has 8 atom stereocenters. The molecule has 3 aromatic carbocycles. The van der Waals surface area contributed by atoms with Crippen molar-refractivity contribution in [2.45, 2.75) is 134 Å². The third-order valence-corrected chi connectivity index (χ3v) is 19.8. The Morgan fingerprint density at radius 1 is 0.953 bits per heavy atom. The van der Waals surface area contributed by atoms with Crippen molar-refractivity contribution < 1.29 is 47.7 Å². The van der Waals surface area contributed by atoms with Crippen LogP contribution >= 0.6 is 11.3 Å². The number of halogens is 1. The molecule has 86 heavy (non-hydrogen) atoms. The number of likely N-dealkylation sites (tertiary alicyclic amines) is 2. The number of β-amino-alcohol motifs (C(OH)–C–C–N with tert-alkyl or cyclic N) is 1. The summed E-state index contributed by atoms with van der Waals surface area (Å²) in [4.78, 5) is 69.3. The van der Waals surface area contributed by atoms with Crippen LogP contribution in [0.1, 0.15) is 107 Å². The molecule has 3 amide bonds. The van der Waals surface area contributed by atoms with Gasteiger partial charge in [-0.05, 0) is 116 Å².